The van der Waals surface area contributed by atoms with Crippen LogP contribution >= 0.6 is 0 Å². The van der Waals surface area contributed by atoms with Crippen LogP contribution < -0.4 is 15.4 Å². The molecule has 0 fully saturated rings. The minimum Gasteiger partial charge on any atom is -0.496 e. The van der Waals surface area contributed by atoms with Crippen molar-refractivity contribution < 1.29 is 13.9 Å². The lowest BCUT2D eigenvalue weighted by molar-refractivity contribution is 0.0946. The molecule has 1 heterocycles. The van der Waals surface area contributed by atoms with E-state index in [-0.39, 0.29) is 17.0 Å². The van der Waals surface area contributed by atoms with Crippen LogP contribution in [0.3, 0.4) is 0 Å². The monoisotopic (exact) mass is 469 g/mol. The zero-order chi connectivity index (χ0) is 25.0. The van der Waals surface area contributed by atoms with Gasteiger partial charge in [0.1, 0.15) is 5.75 Å². The van der Waals surface area contributed by atoms with Gasteiger partial charge in [-0.3, -0.25) is 4.79 Å². The molecule has 0 spiro atoms. The summed E-state index contributed by atoms with van der Waals surface area (Å²) in [6, 6.07) is 23.4. The van der Waals surface area contributed by atoms with E-state index in [9.17, 15) is 4.79 Å². The molecule has 6 heteroatoms. The first-order valence-electron chi connectivity index (χ1n) is 11.6. The molecule has 0 radical (unpaired) electrons. The molecule has 4 rings (SSSR count). The van der Waals surface area contributed by atoms with Crippen LogP contribution in [0.5, 0.6) is 5.75 Å². The summed E-state index contributed by atoms with van der Waals surface area (Å²) in [6.45, 7) is 6.82. The minimum atomic E-state index is -0.315. The quantitative estimate of drug-likeness (QED) is 0.333. The van der Waals surface area contributed by atoms with Crippen molar-refractivity contribution in [1.82, 2.24) is 10.3 Å². The highest BCUT2D eigenvalue weighted by molar-refractivity contribution is 5.98. The molecule has 0 aliphatic rings. The Morgan fingerprint density at radius 1 is 0.943 bits per heavy atom. The van der Waals surface area contributed by atoms with Gasteiger partial charge in [-0.25, -0.2) is 4.98 Å². The highest BCUT2D eigenvalue weighted by Crippen LogP contribution is 2.32. The molecule has 3 aromatic carbocycles. The average molecular weight is 470 g/mol. The Balaban J connectivity index is 1.68. The van der Waals surface area contributed by atoms with Gasteiger partial charge in [0.15, 0.2) is 11.5 Å². The number of rotatable bonds is 7. The average Bonchev–Trinajstić information content (AvgIpc) is 3.33. The smallest absolute Gasteiger partial charge is 0.274 e. The lowest BCUT2D eigenvalue weighted by Crippen LogP contribution is -2.24. The van der Waals surface area contributed by atoms with Crippen LogP contribution in [0.15, 0.2) is 77.2 Å². The number of amides is 1. The largest absolute Gasteiger partial charge is 0.496 e. The third-order valence-corrected chi connectivity index (χ3v) is 5.91. The molecule has 4 aromatic rings. The Kier molecular flexibility index (Phi) is 6.92. The minimum absolute atomic E-state index is 0.0406. The van der Waals surface area contributed by atoms with Crippen molar-refractivity contribution in [2.75, 3.05) is 19.5 Å². The number of methoxy groups -OCH3 is 1. The van der Waals surface area contributed by atoms with E-state index in [2.05, 4.69) is 48.5 Å². The summed E-state index contributed by atoms with van der Waals surface area (Å²) in [6.07, 6.45) is 0. The SMILES string of the molecule is CNc1ccc(-c2oc(-c3ccc(C(C)(C)C)cc3)nc2C(=O)NCc2ccccc2OC)cc1. The number of oxazole rings is 1. The number of nitrogens with zero attached hydrogens (tertiary/aromatic N) is 1. The number of ether oxygens (including phenoxy) is 1. The molecule has 0 bridgehead atoms. The number of benzene rings is 3. The van der Waals surface area contributed by atoms with Crippen LogP contribution in [0.4, 0.5) is 5.69 Å². The van der Waals surface area contributed by atoms with Crippen molar-refractivity contribution in [2.24, 2.45) is 0 Å². The van der Waals surface area contributed by atoms with E-state index in [0.717, 1.165) is 28.1 Å². The van der Waals surface area contributed by atoms with Gasteiger partial charge in [-0.15, -0.1) is 0 Å². The summed E-state index contributed by atoms with van der Waals surface area (Å²) in [5.41, 5.74) is 4.93. The summed E-state index contributed by atoms with van der Waals surface area (Å²) >= 11 is 0. The van der Waals surface area contributed by atoms with E-state index in [1.165, 1.54) is 5.56 Å². The van der Waals surface area contributed by atoms with Crippen molar-refractivity contribution >= 4 is 11.6 Å². The van der Waals surface area contributed by atoms with Crippen molar-refractivity contribution in [2.45, 2.75) is 32.7 Å². The maximum absolute atomic E-state index is 13.3. The van der Waals surface area contributed by atoms with E-state index < -0.39 is 0 Å². The molecular weight excluding hydrogens is 438 g/mol. The number of hydrogen-bond donors (Lipinski definition) is 2. The summed E-state index contributed by atoms with van der Waals surface area (Å²) in [5.74, 6) is 1.24. The van der Waals surface area contributed by atoms with Crippen LogP contribution in [0.2, 0.25) is 0 Å². The summed E-state index contributed by atoms with van der Waals surface area (Å²) in [5, 5.41) is 6.07. The molecule has 1 amide bonds. The lowest BCUT2D eigenvalue weighted by Gasteiger charge is -2.18. The molecule has 6 nitrogen and oxygen atoms in total. The van der Waals surface area contributed by atoms with Crippen molar-refractivity contribution in [3.8, 4) is 28.5 Å². The first-order chi connectivity index (χ1) is 16.8. The summed E-state index contributed by atoms with van der Waals surface area (Å²) in [7, 11) is 3.47. The van der Waals surface area contributed by atoms with Crippen LogP contribution in [0.25, 0.3) is 22.8 Å². The highest BCUT2D eigenvalue weighted by atomic mass is 16.5. The number of carbonyl (C=O) groups is 1. The van der Waals surface area contributed by atoms with Gasteiger partial charge in [0.2, 0.25) is 5.89 Å². The number of nitrogens with one attached hydrogen (secondary N) is 2. The number of hydrogen-bond acceptors (Lipinski definition) is 5. The van der Waals surface area contributed by atoms with Crippen molar-refractivity contribution in [1.29, 1.82) is 0 Å². The predicted octanol–water partition coefficient (Wildman–Crippen LogP) is 6.29. The number of para-hydroxylation sites is 1. The molecular formula is C29H31N3O3. The molecule has 0 saturated heterocycles. The topological polar surface area (TPSA) is 76.4 Å². The second kappa shape index (κ2) is 10.1. The zero-order valence-corrected chi connectivity index (χ0v) is 20.8. The Morgan fingerprint density at radius 2 is 1.60 bits per heavy atom. The van der Waals surface area contributed by atoms with E-state index in [1.54, 1.807) is 7.11 Å². The molecule has 1 aromatic heterocycles. The Hall–Kier alpha value is -4.06. The first-order valence-corrected chi connectivity index (χ1v) is 11.6. The van der Waals surface area contributed by atoms with Gasteiger partial charge in [-0.1, -0.05) is 51.1 Å². The van der Waals surface area contributed by atoms with Gasteiger partial charge in [0.25, 0.3) is 5.91 Å². The lowest BCUT2D eigenvalue weighted by atomic mass is 9.87. The summed E-state index contributed by atoms with van der Waals surface area (Å²) in [4.78, 5) is 17.9. The maximum atomic E-state index is 13.3. The molecule has 0 aliphatic heterocycles. The normalized spacial score (nSPS) is 11.2. The molecule has 0 saturated carbocycles. The van der Waals surface area contributed by atoms with Gasteiger partial charge in [0, 0.05) is 36.0 Å². The van der Waals surface area contributed by atoms with Gasteiger partial charge in [0.05, 0.1) is 7.11 Å². The Bertz CT molecular complexity index is 1300. The van der Waals surface area contributed by atoms with E-state index in [0.29, 0.717) is 18.2 Å². The second-order valence-corrected chi connectivity index (χ2v) is 9.35. The van der Waals surface area contributed by atoms with Crippen LogP contribution in [0.1, 0.15) is 42.4 Å². The van der Waals surface area contributed by atoms with Gasteiger partial charge in [-0.05, 0) is 53.4 Å². The number of anilines is 1. The van der Waals surface area contributed by atoms with Crippen LogP contribution in [-0.2, 0) is 12.0 Å². The molecule has 35 heavy (non-hydrogen) atoms. The van der Waals surface area contributed by atoms with Crippen molar-refractivity contribution in [3.05, 3.63) is 89.6 Å². The molecule has 0 aliphatic carbocycles. The van der Waals surface area contributed by atoms with Crippen LogP contribution in [-0.4, -0.2) is 25.0 Å². The van der Waals surface area contributed by atoms with E-state index in [4.69, 9.17) is 9.15 Å². The highest BCUT2D eigenvalue weighted by Gasteiger charge is 2.23. The van der Waals surface area contributed by atoms with Gasteiger partial charge in [-0.2, -0.15) is 0 Å². The molecule has 2 N–H and O–H groups in total. The zero-order valence-electron chi connectivity index (χ0n) is 20.8. The van der Waals surface area contributed by atoms with Crippen LogP contribution in [0, 0.1) is 0 Å². The van der Waals surface area contributed by atoms with E-state index >= 15 is 0 Å². The van der Waals surface area contributed by atoms with E-state index in [1.807, 2.05) is 67.7 Å². The Labute approximate surface area is 206 Å². The fraction of sp³-hybridized carbons (Fsp3) is 0.241. The second-order valence-electron chi connectivity index (χ2n) is 9.35. The van der Waals surface area contributed by atoms with Gasteiger partial charge < -0.3 is 19.8 Å². The third kappa shape index (κ3) is 5.38. The molecule has 180 valence electrons. The summed E-state index contributed by atoms with van der Waals surface area (Å²) < 4.78 is 11.6. The van der Waals surface area contributed by atoms with Gasteiger partial charge >= 0.3 is 0 Å². The van der Waals surface area contributed by atoms with Crippen molar-refractivity contribution in [3.63, 3.8) is 0 Å². The standard InChI is InChI=1S/C29H31N3O3/c1-29(2,3)22-14-10-20(11-15-22)28-32-25(26(35-28)19-12-16-23(30-4)17-13-19)27(33)31-18-21-8-6-7-9-24(21)34-5/h6-17,30H,18H2,1-5H3,(H,31,33). The predicted molar refractivity (Wildman–Crippen MR) is 140 cm³/mol. The fourth-order valence-electron chi connectivity index (χ4n) is 3.80. The third-order valence-electron chi connectivity index (χ3n) is 5.91. The molecule has 0 unspecified atom stereocenters. The molecule has 0 atom stereocenters. The number of carbonyl (C=O) groups excluding carboxylic acids is 1. The Morgan fingerprint density at radius 3 is 2.23 bits per heavy atom. The first kappa shape index (κ1) is 24.1. The fourth-order valence-corrected chi connectivity index (χ4v) is 3.80. The number of aromatic nitrogens is 1. The maximum Gasteiger partial charge on any atom is 0.274 e.